The van der Waals surface area contributed by atoms with Crippen molar-refractivity contribution in [3.05, 3.63) is 68.6 Å². The molecule has 1 aliphatic heterocycles. The minimum absolute atomic E-state index is 0.0174. The van der Waals surface area contributed by atoms with Gasteiger partial charge in [-0.15, -0.1) is 0 Å². The van der Waals surface area contributed by atoms with Crippen molar-refractivity contribution in [2.45, 2.75) is 26.4 Å². The van der Waals surface area contributed by atoms with Crippen molar-refractivity contribution in [1.82, 2.24) is 14.9 Å². The Hall–Kier alpha value is -2.86. The third-order valence-corrected chi connectivity index (χ3v) is 5.19. The van der Waals surface area contributed by atoms with Gasteiger partial charge < -0.3 is 15.2 Å². The maximum atomic E-state index is 12.5. The lowest BCUT2D eigenvalue weighted by Gasteiger charge is -2.17. The van der Waals surface area contributed by atoms with Crippen LogP contribution in [-0.4, -0.2) is 27.3 Å². The van der Waals surface area contributed by atoms with Crippen LogP contribution in [0.4, 0.5) is 5.82 Å². The molecule has 3 heterocycles. The molecule has 7 heteroatoms. The van der Waals surface area contributed by atoms with Crippen LogP contribution in [-0.2, 0) is 6.54 Å². The van der Waals surface area contributed by atoms with Crippen LogP contribution >= 0.6 is 11.6 Å². The summed E-state index contributed by atoms with van der Waals surface area (Å²) in [5.41, 5.74) is 2.70. The number of fused-ring (bicyclic) bond motifs is 2. The van der Waals surface area contributed by atoms with Gasteiger partial charge in [0.2, 0.25) is 0 Å². The first-order valence-corrected chi connectivity index (χ1v) is 9.22. The zero-order valence-corrected chi connectivity index (χ0v) is 15.8. The molecule has 1 amide bonds. The van der Waals surface area contributed by atoms with E-state index >= 15 is 0 Å². The lowest BCUT2D eigenvalue weighted by molar-refractivity contribution is 0.0787. The zero-order valence-electron chi connectivity index (χ0n) is 15.0. The molecule has 2 N–H and O–H groups in total. The van der Waals surface area contributed by atoms with Crippen LogP contribution in [0.15, 0.2) is 41.3 Å². The van der Waals surface area contributed by atoms with Gasteiger partial charge in [-0.3, -0.25) is 9.59 Å². The van der Waals surface area contributed by atoms with E-state index in [0.29, 0.717) is 35.1 Å². The van der Waals surface area contributed by atoms with E-state index in [-0.39, 0.29) is 17.5 Å². The van der Waals surface area contributed by atoms with E-state index in [9.17, 15) is 9.59 Å². The highest BCUT2D eigenvalue weighted by Crippen LogP contribution is 2.29. The summed E-state index contributed by atoms with van der Waals surface area (Å²) in [5, 5.41) is 4.78. The molecule has 0 spiro atoms. The number of benzene rings is 1. The van der Waals surface area contributed by atoms with Crippen LogP contribution in [0.2, 0.25) is 5.02 Å². The summed E-state index contributed by atoms with van der Waals surface area (Å²) in [7, 11) is 0. The molecule has 0 saturated heterocycles. The van der Waals surface area contributed by atoms with Crippen molar-refractivity contribution < 1.29 is 4.79 Å². The van der Waals surface area contributed by atoms with Crippen LogP contribution < -0.4 is 10.9 Å². The number of rotatable bonds is 4. The monoisotopic (exact) mass is 382 g/mol. The molecule has 0 saturated carbocycles. The first-order chi connectivity index (χ1) is 13.0. The van der Waals surface area contributed by atoms with Gasteiger partial charge in [0.1, 0.15) is 5.82 Å². The molecule has 27 heavy (non-hydrogen) atoms. The Morgan fingerprint density at radius 3 is 2.89 bits per heavy atom. The van der Waals surface area contributed by atoms with E-state index in [1.165, 1.54) is 0 Å². The number of nitrogens with one attached hydrogen (secondary N) is 2. The minimum atomic E-state index is -0.290. The van der Waals surface area contributed by atoms with Crippen molar-refractivity contribution in [2.75, 3.05) is 11.9 Å². The van der Waals surface area contributed by atoms with Gasteiger partial charge in [0.15, 0.2) is 0 Å². The van der Waals surface area contributed by atoms with Crippen LogP contribution in [0.25, 0.3) is 10.9 Å². The molecule has 0 bridgehead atoms. The highest BCUT2D eigenvalue weighted by atomic mass is 35.5. The lowest BCUT2D eigenvalue weighted by Crippen LogP contribution is -2.23. The summed E-state index contributed by atoms with van der Waals surface area (Å²) in [5.74, 6) is 0.652. The lowest BCUT2D eigenvalue weighted by atomic mass is 10.1. The summed E-state index contributed by atoms with van der Waals surface area (Å²) >= 11 is 6.07. The number of hydrogen-bond donors (Lipinski definition) is 2. The van der Waals surface area contributed by atoms with Gasteiger partial charge in [-0.05, 0) is 44.2 Å². The second-order valence-corrected chi connectivity index (χ2v) is 7.09. The maximum Gasteiger partial charge on any atom is 0.254 e. The van der Waals surface area contributed by atoms with Gasteiger partial charge in [-0.2, -0.15) is 0 Å². The van der Waals surface area contributed by atoms with Gasteiger partial charge in [-0.25, -0.2) is 4.98 Å². The second-order valence-electron chi connectivity index (χ2n) is 6.66. The van der Waals surface area contributed by atoms with E-state index in [1.54, 1.807) is 29.3 Å². The van der Waals surface area contributed by atoms with Crippen LogP contribution in [0.3, 0.4) is 0 Å². The number of aromatic nitrogens is 2. The van der Waals surface area contributed by atoms with Crippen molar-refractivity contribution in [3.8, 4) is 0 Å². The number of H-pyrrole nitrogens is 1. The van der Waals surface area contributed by atoms with Crippen molar-refractivity contribution in [2.24, 2.45) is 0 Å². The average Bonchev–Trinajstić information content (AvgIpc) is 2.98. The Morgan fingerprint density at radius 1 is 1.30 bits per heavy atom. The van der Waals surface area contributed by atoms with Gasteiger partial charge in [0, 0.05) is 45.4 Å². The van der Waals surface area contributed by atoms with Gasteiger partial charge in [0.05, 0.1) is 12.6 Å². The molecule has 1 aromatic carbocycles. The Kier molecular flexibility index (Phi) is 4.36. The van der Waals surface area contributed by atoms with Crippen molar-refractivity contribution in [3.63, 3.8) is 0 Å². The Morgan fingerprint density at radius 2 is 2.11 bits per heavy atom. The summed E-state index contributed by atoms with van der Waals surface area (Å²) in [6.07, 6.45) is 1.62. The topological polar surface area (TPSA) is 78.1 Å². The summed E-state index contributed by atoms with van der Waals surface area (Å²) in [4.78, 5) is 34.0. The fourth-order valence-corrected chi connectivity index (χ4v) is 3.65. The van der Waals surface area contributed by atoms with Crippen LogP contribution in [0, 0.1) is 0 Å². The highest BCUT2D eigenvalue weighted by Gasteiger charge is 2.29. The van der Waals surface area contributed by atoms with E-state index in [2.05, 4.69) is 15.3 Å². The Bertz CT molecular complexity index is 1110. The molecule has 0 unspecified atom stereocenters. The molecular formula is C20H19ClN4O2. The zero-order chi connectivity index (χ0) is 19.1. The molecule has 138 valence electrons. The molecule has 2 aromatic heterocycles. The predicted molar refractivity (Wildman–Crippen MR) is 106 cm³/mol. The molecule has 6 nitrogen and oxygen atoms in total. The number of pyridine rings is 2. The quantitative estimate of drug-likeness (QED) is 0.720. The molecule has 0 fully saturated rings. The van der Waals surface area contributed by atoms with E-state index in [4.69, 9.17) is 11.6 Å². The number of carbonyl (C=O) groups excluding carboxylic acids is 1. The van der Waals surface area contributed by atoms with E-state index < -0.39 is 0 Å². The first kappa shape index (κ1) is 17.5. The molecular weight excluding hydrogens is 364 g/mol. The van der Waals surface area contributed by atoms with Crippen molar-refractivity contribution >= 4 is 34.2 Å². The number of carbonyl (C=O) groups is 1. The molecule has 4 rings (SSSR count). The van der Waals surface area contributed by atoms with Gasteiger partial charge >= 0.3 is 0 Å². The van der Waals surface area contributed by atoms with E-state index in [1.807, 2.05) is 26.0 Å². The molecule has 3 aromatic rings. The maximum absolute atomic E-state index is 12.5. The average molecular weight is 383 g/mol. The first-order valence-electron chi connectivity index (χ1n) is 8.84. The summed E-state index contributed by atoms with van der Waals surface area (Å²) in [6, 6.07) is 8.64. The predicted octanol–water partition coefficient (Wildman–Crippen LogP) is 3.73. The summed E-state index contributed by atoms with van der Waals surface area (Å²) < 4.78 is 0. The Labute approximate surface area is 161 Å². The van der Waals surface area contributed by atoms with Crippen LogP contribution in [0.5, 0.6) is 0 Å². The Balaban J connectivity index is 1.69. The molecule has 0 radical (unpaired) electrons. The summed E-state index contributed by atoms with van der Waals surface area (Å²) in [6.45, 7) is 5.02. The number of hydrogen-bond acceptors (Lipinski definition) is 4. The number of amides is 1. The fraction of sp³-hybridized carbons (Fsp3) is 0.250. The largest absolute Gasteiger partial charge is 0.363 e. The van der Waals surface area contributed by atoms with Crippen LogP contribution in [0.1, 0.15) is 41.4 Å². The molecule has 1 atom stereocenters. The molecule has 1 aliphatic rings. The third-order valence-electron chi connectivity index (χ3n) is 4.96. The third kappa shape index (κ3) is 3.06. The highest BCUT2D eigenvalue weighted by molar-refractivity contribution is 6.31. The van der Waals surface area contributed by atoms with Crippen molar-refractivity contribution in [1.29, 1.82) is 0 Å². The van der Waals surface area contributed by atoms with Gasteiger partial charge in [-0.1, -0.05) is 11.6 Å². The number of aromatic amines is 1. The normalized spacial score (nSPS) is 14.5. The molecule has 0 aliphatic carbocycles. The number of halogens is 1. The number of anilines is 1. The standard InChI is InChI=1S/C20H19ClN4O2/c1-3-25-10-16-14(20(25)27)6-7-22-18(16)23-11(2)15-9-12-8-13(21)4-5-17(12)24-19(15)26/h4-9,11H,3,10H2,1-2H3,(H,22,23)(H,24,26)/t11-/m0/s1. The van der Waals surface area contributed by atoms with E-state index in [0.717, 1.165) is 16.5 Å². The fourth-order valence-electron chi connectivity index (χ4n) is 3.46. The SMILES string of the molecule is CCN1Cc2c(ccnc2N[C@@H](C)c2cc3cc(Cl)ccc3[nH]c2=O)C1=O. The smallest absolute Gasteiger partial charge is 0.254 e. The minimum Gasteiger partial charge on any atom is -0.363 e. The second kappa shape index (κ2) is 6.70. The number of nitrogens with zero attached hydrogens (tertiary/aromatic N) is 2. The van der Waals surface area contributed by atoms with Gasteiger partial charge in [0.25, 0.3) is 11.5 Å².